The van der Waals surface area contributed by atoms with E-state index in [9.17, 15) is 17.6 Å². The molecule has 1 N–H and O–H groups in total. The highest BCUT2D eigenvalue weighted by Gasteiger charge is 2.24. The summed E-state index contributed by atoms with van der Waals surface area (Å²) in [5.74, 6) is -0.323. The maximum atomic E-state index is 13.2. The van der Waals surface area contributed by atoms with E-state index in [1.807, 2.05) is 22.4 Å². The Hall–Kier alpha value is -1.77. The van der Waals surface area contributed by atoms with Gasteiger partial charge in [-0.15, -0.1) is 11.3 Å². The molecular formula is C17H19FN2O3S2. The Morgan fingerprint density at radius 3 is 2.48 bits per heavy atom. The fraction of sp³-hybridized carbons (Fsp3) is 0.353. The van der Waals surface area contributed by atoms with Gasteiger partial charge in [-0.3, -0.25) is 9.69 Å². The molecule has 1 amide bonds. The van der Waals surface area contributed by atoms with Gasteiger partial charge in [-0.2, -0.15) is 0 Å². The van der Waals surface area contributed by atoms with Gasteiger partial charge in [0, 0.05) is 18.0 Å². The van der Waals surface area contributed by atoms with Crippen LogP contribution in [0.4, 0.5) is 4.39 Å². The fourth-order valence-corrected chi connectivity index (χ4v) is 4.83. The van der Waals surface area contributed by atoms with E-state index in [0.29, 0.717) is 13.1 Å². The molecule has 1 aromatic carbocycles. The van der Waals surface area contributed by atoms with E-state index >= 15 is 0 Å². The maximum Gasteiger partial charge on any atom is 0.234 e. The van der Waals surface area contributed by atoms with Crippen LogP contribution in [0.2, 0.25) is 0 Å². The second-order valence-electron chi connectivity index (χ2n) is 6.00. The number of hydrogen-bond donors (Lipinski definition) is 1. The molecule has 25 heavy (non-hydrogen) atoms. The van der Waals surface area contributed by atoms with Crippen LogP contribution in [0.25, 0.3) is 0 Å². The van der Waals surface area contributed by atoms with Crippen molar-refractivity contribution >= 4 is 27.1 Å². The lowest BCUT2D eigenvalue weighted by Crippen LogP contribution is -2.46. The quantitative estimate of drug-likeness (QED) is 0.857. The second-order valence-corrected chi connectivity index (χ2v) is 9.28. The molecule has 0 spiro atoms. The number of thiophene rings is 1. The van der Waals surface area contributed by atoms with Crippen molar-refractivity contribution < 1.29 is 17.6 Å². The first-order chi connectivity index (χ1) is 11.9. The van der Waals surface area contributed by atoms with Gasteiger partial charge in [0.05, 0.1) is 24.1 Å². The number of hydrogen-bond acceptors (Lipinski definition) is 5. The number of nitrogens with zero attached hydrogens (tertiary/aromatic N) is 1. The Labute approximate surface area is 150 Å². The summed E-state index contributed by atoms with van der Waals surface area (Å²) in [7, 11) is -2.96. The topological polar surface area (TPSA) is 66.5 Å². The minimum absolute atomic E-state index is 0.0899. The zero-order valence-corrected chi connectivity index (χ0v) is 15.2. The number of carbonyl (C=O) groups excluding carboxylic acids is 1. The first-order valence-electron chi connectivity index (χ1n) is 7.94. The molecule has 2 aromatic rings. The van der Waals surface area contributed by atoms with E-state index in [1.54, 1.807) is 12.1 Å². The molecule has 1 atom stereocenters. The number of nitrogens with one attached hydrogen (secondary N) is 1. The van der Waals surface area contributed by atoms with Gasteiger partial charge in [-0.25, -0.2) is 12.8 Å². The maximum absolute atomic E-state index is 13.2. The molecule has 1 saturated heterocycles. The van der Waals surface area contributed by atoms with Gasteiger partial charge in [0.15, 0.2) is 9.84 Å². The normalized spacial score (nSPS) is 18.6. The largest absolute Gasteiger partial charge is 0.343 e. The third kappa shape index (κ3) is 4.87. The van der Waals surface area contributed by atoms with Crippen molar-refractivity contribution in [1.29, 1.82) is 0 Å². The lowest BCUT2D eigenvalue weighted by molar-refractivity contribution is -0.122. The van der Waals surface area contributed by atoms with Crippen LogP contribution in [0.1, 0.15) is 16.5 Å². The summed E-state index contributed by atoms with van der Waals surface area (Å²) in [5.41, 5.74) is 0.804. The molecule has 5 nitrogen and oxygen atoms in total. The number of sulfone groups is 1. The Kier molecular flexibility index (Phi) is 5.51. The molecular weight excluding hydrogens is 363 g/mol. The number of carbonyl (C=O) groups is 1. The smallest absolute Gasteiger partial charge is 0.234 e. The van der Waals surface area contributed by atoms with Crippen molar-refractivity contribution in [2.75, 3.05) is 31.1 Å². The summed E-state index contributed by atoms with van der Waals surface area (Å²) >= 11 is 1.52. The summed E-state index contributed by atoms with van der Waals surface area (Å²) < 4.78 is 36.1. The molecule has 0 aliphatic carbocycles. The van der Waals surface area contributed by atoms with Gasteiger partial charge >= 0.3 is 0 Å². The van der Waals surface area contributed by atoms with Crippen molar-refractivity contribution in [3.8, 4) is 0 Å². The molecule has 134 valence electrons. The summed E-state index contributed by atoms with van der Waals surface area (Å²) in [6, 6.07) is 9.54. The Bertz CT molecular complexity index is 806. The SMILES string of the molecule is O=C(CN1CCS(=O)(=O)CC1)N[C@H](c1ccc(F)cc1)c1cccs1. The highest BCUT2D eigenvalue weighted by Crippen LogP contribution is 2.26. The summed E-state index contributed by atoms with van der Waals surface area (Å²) in [4.78, 5) is 15.2. The Balaban J connectivity index is 1.68. The first kappa shape index (κ1) is 18.0. The van der Waals surface area contributed by atoms with Gasteiger partial charge in [0.25, 0.3) is 0 Å². The van der Waals surface area contributed by atoms with E-state index in [2.05, 4.69) is 5.32 Å². The lowest BCUT2D eigenvalue weighted by Gasteiger charge is -2.27. The van der Waals surface area contributed by atoms with Crippen LogP contribution in [0.3, 0.4) is 0 Å². The van der Waals surface area contributed by atoms with Crippen molar-refractivity contribution in [1.82, 2.24) is 10.2 Å². The van der Waals surface area contributed by atoms with Gasteiger partial charge in [0.2, 0.25) is 5.91 Å². The Morgan fingerprint density at radius 1 is 1.20 bits per heavy atom. The van der Waals surface area contributed by atoms with Crippen LogP contribution < -0.4 is 5.32 Å². The number of amides is 1. The third-order valence-electron chi connectivity index (χ3n) is 4.14. The van der Waals surface area contributed by atoms with Crippen LogP contribution in [0.15, 0.2) is 41.8 Å². The highest BCUT2D eigenvalue weighted by molar-refractivity contribution is 7.91. The van der Waals surface area contributed by atoms with Crippen molar-refractivity contribution in [2.24, 2.45) is 0 Å². The van der Waals surface area contributed by atoms with Crippen LogP contribution in [-0.2, 0) is 14.6 Å². The average molecular weight is 382 g/mol. The van der Waals surface area contributed by atoms with Gasteiger partial charge in [-0.1, -0.05) is 18.2 Å². The van der Waals surface area contributed by atoms with Crippen molar-refractivity contribution in [3.05, 3.63) is 58.0 Å². The molecule has 0 bridgehead atoms. The summed E-state index contributed by atoms with van der Waals surface area (Å²) in [6.45, 7) is 0.893. The molecule has 0 saturated carbocycles. The van der Waals surface area contributed by atoms with Gasteiger partial charge in [0.1, 0.15) is 5.82 Å². The predicted molar refractivity (Wildman–Crippen MR) is 95.8 cm³/mol. The van der Waals surface area contributed by atoms with E-state index in [1.165, 1.54) is 23.5 Å². The standard InChI is InChI=1S/C17H19FN2O3S2/c18-14-5-3-13(4-6-14)17(15-2-1-9-24-15)19-16(21)12-20-7-10-25(22,23)11-8-20/h1-6,9,17H,7-8,10-12H2,(H,19,21)/t17-/m1/s1. The fourth-order valence-electron chi connectivity index (χ4n) is 2.75. The molecule has 1 fully saturated rings. The first-order valence-corrected chi connectivity index (χ1v) is 10.6. The van der Waals surface area contributed by atoms with Crippen LogP contribution >= 0.6 is 11.3 Å². The number of benzene rings is 1. The number of halogens is 1. The monoisotopic (exact) mass is 382 g/mol. The lowest BCUT2D eigenvalue weighted by atomic mass is 10.1. The van der Waals surface area contributed by atoms with E-state index < -0.39 is 9.84 Å². The molecule has 1 aliphatic heterocycles. The zero-order valence-electron chi connectivity index (χ0n) is 13.5. The average Bonchev–Trinajstić information content (AvgIpc) is 3.10. The predicted octanol–water partition coefficient (Wildman–Crippen LogP) is 1.82. The van der Waals surface area contributed by atoms with E-state index in [0.717, 1.165) is 10.4 Å². The van der Waals surface area contributed by atoms with Crippen LogP contribution in [-0.4, -0.2) is 50.4 Å². The van der Waals surface area contributed by atoms with Gasteiger partial charge in [-0.05, 0) is 29.1 Å². The molecule has 0 radical (unpaired) electrons. The van der Waals surface area contributed by atoms with Gasteiger partial charge < -0.3 is 5.32 Å². The zero-order chi connectivity index (χ0) is 17.9. The highest BCUT2D eigenvalue weighted by atomic mass is 32.2. The molecule has 0 unspecified atom stereocenters. The molecule has 8 heteroatoms. The molecule has 2 heterocycles. The second kappa shape index (κ2) is 7.63. The van der Waals surface area contributed by atoms with Crippen LogP contribution in [0.5, 0.6) is 0 Å². The third-order valence-corrected chi connectivity index (χ3v) is 6.69. The number of rotatable bonds is 5. The Morgan fingerprint density at radius 2 is 1.88 bits per heavy atom. The van der Waals surface area contributed by atoms with Crippen LogP contribution in [0, 0.1) is 5.82 Å². The van der Waals surface area contributed by atoms with Crippen molar-refractivity contribution in [3.63, 3.8) is 0 Å². The van der Waals surface area contributed by atoms with E-state index in [-0.39, 0.29) is 35.8 Å². The summed E-state index contributed by atoms with van der Waals surface area (Å²) in [6.07, 6.45) is 0. The van der Waals surface area contributed by atoms with Crippen molar-refractivity contribution in [2.45, 2.75) is 6.04 Å². The minimum Gasteiger partial charge on any atom is -0.343 e. The van der Waals surface area contributed by atoms with E-state index in [4.69, 9.17) is 0 Å². The molecule has 1 aromatic heterocycles. The molecule has 1 aliphatic rings. The minimum atomic E-state index is -2.96. The molecule has 3 rings (SSSR count). The summed E-state index contributed by atoms with van der Waals surface area (Å²) in [5, 5.41) is 4.91.